The zero-order valence-electron chi connectivity index (χ0n) is 9.54. The highest BCUT2D eigenvalue weighted by molar-refractivity contribution is 6.13. The Balaban J connectivity index is 2.32. The molecule has 2 aromatic rings. The van der Waals surface area contributed by atoms with Crippen LogP contribution in [0.15, 0.2) is 40.8 Å². The molecule has 4 nitrogen and oxygen atoms in total. The van der Waals surface area contributed by atoms with Crippen molar-refractivity contribution in [2.45, 2.75) is 6.61 Å². The van der Waals surface area contributed by atoms with Crippen molar-refractivity contribution in [3.05, 3.63) is 53.5 Å². The molecule has 2 N–H and O–H groups in total. The summed E-state index contributed by atoms with van der Waals surface area (Å²) in [5.74, 6) is 1.08. The van der Waals surface area contributed by atoms with E-state index in [4.69, 9.17) is 9.52 Å². The molecule has 1 aromatic carbocycles. The maximum Gasteiger partial charge on any atom is 0.150 e. The molecule has 18 heavy (non-hydrogen) atoms. The van der Waals surface area contributed by atoms with Crippen LogP contribution in [0.1, 0.15) is 17.1 Å². The molecule has 0 saturated carbocycles. The second-order valence-electron chi connectivity index (χ2n) is 3.73. The SMILES string of the molecule is O=C/C(=C/c1ccc(CO)o1)c1ccc(O)cc1. The number of aliphatic hydroxyl groups is 1. The highest BCUT2D eigenvalue weighted by atomic mass is 16.4. The van der Waals surface area contributed by atoms with Gasteiger partial charge in [0.05, 0.1) is 0 Å². The smallest absolute Gasteiger partial charge is 0.150 e. The van der Waals surface area contributed by atoms with Crippen LogP contribution in [-0.2, 0) is 11.4 Å². The molecule has 0 radical (unpaired) electrons. The molecule has 0 fully saturated rings. The van der Waals surface area contributed by atoms with E-state index in [0.717, 1.165) is 0 Å². The molecule has 1 aromatic heterocycles. The lowest BCUT2D eigenvalue weighted by molar-refractivity contribution is -0.103. The standard InChI is InChI=1S/C14H12O4/c15-8-11(10-1-3-12(17)4-2-10)7-13-5-6-14(9-16)18-13/h1-8,16-17H,9H2/b11-7-. The number of rotatable bonds is 4. The highest BCUT2D eigenvalue weighted by Crippen LogP contribution is 2.20. The summed E-state index contributed by atoms with van der Waals surface area (Å²) >= 11 is 0. The maximum absolute atomic E-state index is 11.0. The molecule has 0 unspecified atom stereocenters. The molecule has 0 saturated heterocycles. The van der Waals surface area contributed by atoms with E-state index in [9.17, 15) is 9.90 Å². The van der Waals surface area contributed by atoms with Gasteiger partial charge in [-0.1, -0.05) is 12.1 Å². The molecule has 0 aliphatic carbocycles. The average molecular weight is 244 g/mol. The Morgan fingerprint density at radius 1 is 1.17 bits per heavy atom. The summed E-state index contributed by atoms with van der Waals surface area (Å²) in [6.07, 6.45) is 2.30. The van der Waals surface area contributed by atoms with Crippen molar-refractivity contribution in [2.24, 2.45) is 0 Å². The Morgan fingerprint density at radius 3 is 2.44 bits per heavy atom. The number of aromatic hydroxyl groups is 1. The molecule has 1 heterocycles. The number of phenolic OH excluding ortho intramolecular Hbond substituents is 1. The topological polar surface area (TPSA) is 70.7 Å². The fraction of sp³-hybridized carbons (Fsp3) is 0.0714. The number of allylic oxidation sites excluding steroid dienone is 1. The number of carbonyl (C=O) groups is 1. The lowest BCUT2D eigenvalue weighted by Gasteiger charge is -1.99. The van der Waals surface area contributed by atoms with Crippen molar-refractivity contribution in [2.75, 3.05) is 0 Å². The van der Waals surface area contributed by atoms with Gasteiger partial charge >= 0.3 is 0 Å². The van der Waals surface area contributed by atoms with Crippen molar-refractivity contribution < 1.29 is 19.4 Å². The predicted octanol–water partition coefficient (Wildman–Crippen LogP) is 2.22. The summed E-state index contributed by atoms with van der Waals surface area (Å²) in [6.45, 7) is -0.177. The molecule has 2 rings (SSSR count). The van der Waals surface area contributed by atoms with E-state index >= 15 is 0 Å². The van der Waals surface area contributed by atoms with Gasteiger partial charge in [-0.15, -0.1) is 0 Å². The van der Waals surface area contributed by atoms with E-state index in [1.165, 1.54) is 12.1 Å². The minimum atomic E-state index is -0.177. The Hall–Kier alpha value is -2.33. The van der Waals surface area contributed by atoms with Gasteiger partial charge in [-0.2, -0.15) is 0 Å². The molecular formula is C14H12O4. The van der Waals surface area contributed by atoms with E-state index < -0.39 is 0 Å². The minimum Gasteiger partial charge on any atom is -0.508 e. The van der Waals surface area contributed by atoms with Crippen LogP contribution in [0.25, 0.3) is 11.6 Å². The van der Waals surface area contributed by atoms with Crippen LogP contribution in [0.2, 0.25) is 0 Å². The third kappa shape index (κ3) is 2.67. The van der Waals surface area contributed by atoms with Crippen LogP contribution in [0.3, 0.4) is 0 Å². The number of hydrogen-bond donors (Lipinski definition) is 2. The van der Waals surface area contributed by atoms with Crippen molar-refractivity contribution in [3.8, 4) is 5.75 Å². The predicted molar refractivity (Wildman–Crippen MR) is 66.7 cm³/mol. The number of phenols is 1. The van der Waals surface area contributed by atoms with Crippen LogP contribution in [0.4, 0.5) is 0 Å². The summed E-state index contributed by atoms with van der Waals surface area (Å²) in [4.78, 5) is 11.0. The van der Waals surface area contributed by atoms with Gasteiger partial charge in [0.2, 0.25) is 0 Å². The third-order valence-electron chi connectivity index (χ3n) is 2.46. The van der Waals surface area contributed by atoms with Crippen molar-refractivity contribution in [3.63, 3.8) is 0 Å². The van der Waals surface area contributed by atoms with Gasteiger partial charge in [0.25, 0.3) is 0 Å². The normalized spacial score (nSPS) is 11.5. The van der Waals surface area contributed by atoms with Crippen LogP contribution in [-0.4, -0.2) is 16.5 Å². The molecule has 0 aliphatic heterocycles. The number of aliphatic hydroxyl groups excluding tert-OH is 1. The molecule has 92 valence electrons. The van der Waals surface area contributed by atoms with E-state index in [0.29, 0.717) is 28.9 Å². The minimum absolute atomic E-state index is 0.143. The van der Waals surface area contributed by atoms with Crippen LogP contribution >= 0.6 is 0 Å². The molecule has 4 heteroatoms. The maximum atomic E-state index is 11.0. The summed E-state index contributed by atoms with van der Waals surface area (Å²) in [5.41, 5.74) is 1.12. The summed E-state index contributed by atoms with van der Waals surface area (Å²) < 4.78 is 5.28. The second kappa shape index (κ2) is 5.33. The molecule has 0 atom stereocenters. The van der Waals surface area contributed by atoms with Gasteiger partial charge in [-0.25, -0.2) is 0 Å². The van der Waals surface area contributed by atoms with Gasteiger partial charge < -0.3 is 14.6 Å². The Bertz CT molecular complexity index is 564. The highest BCUT2D eigenvalue weighted by Gasteiger charge is 2.04. The van der Waals surface area contributed by atoms with Gasteiger partial charge in [-0.3, -0.25) is 4.79 Å². The van der Waals surface area contributed by atoms with Crippen molar-refractivity contribution >= 4 is 17.9 Å². The van der Waals surface area contributed by atoms with Gasteiger partial charge in [-0.05, 0) is 35.9 Å². The molecule has 0 amide bonds. The fourth-order valence-electron chi connectivity index (χ4n) is 1.55. The summed E-state index contributed by atoms with van der Waals surface area (Å²) in [7, 11) is 0. The second-order valence-corrected chi connectivity index (χ2v) is 3.73. The van der Waals surface area contributed by atoms with E-state index in [2.05, 4.69) is 0 Å². The first kappa shape index (κ1) is 12.1. The first-order valence-corrected chi connectivity index (χ1v) is 5.39. The zero-order valence-corrected chi connectivity index (χ0v) is 9.54. The van der Waals surface area contributed by atoms with Crippen LogP contribution in [0.5, 0.6) is 5.75 Å². The van der Waals surface area contributed by atoms with Gasteiger partial charge in [0, 0.05) is 5.57 Å². The lowest BCUT2D eigenvalue weighted by Crippen LogP contribution is -1.85. The molecular weight excluding hydrogens is 232 g/mol. The number of hydrogen-bond acceptors (Lipinski definition) is 4. The van der Waals surface area contributed by atoms with E-state index in [1.54, 1.807) is 30.3 Å². The number of benzene rings is 1. The summed E-state index contributed by atoms with van der Waals surface area (Å²) in [6, 6.07) is 9.62. The number of carbonyl (C=O) groups excluding carboxylic acids is 1. The Labute approximate surface area is 104 Å². The van der Waals surface area contributed by atoms with Gasteiger partial charge in [0.15, 0.2) is 6.29 Å². The van der Waals surface area contributed by atoms with Crippen molar-refractivity contribution in [1.29, 1.82) is 0 Å². The van der Waals surface area contributed by atoms with Crippen molar-refractivity contribution in [1.82, 2.24) is 0 Å². The molecule has 0 spiro atoms. The monoisotopic (exact) mass is 244 g/mol. The summed E-state index contributed by atoms with van der Waals surface area (Å²) in [5, 5.41) is 18.1. The largest absolute Gasteiger partial charge is 0.508 e. The fourth-order valence-corrected chi connectivity index (χ4v) is 1.55. The van der Waals surface area contributed by atoms with Gasteiger partial charge in [0.1, 0.15) is 23.9 Å². The first-order valence-electron chi connectivity index (χ1n) is 5.39. The lowest BCUT2D eigenvalue weighted by atomic mass is 10.1. The van der Waals surface area contributed by atoms with Crippen LogP contribution in [0, 0.1) is 0 Å². The Morgan fingerprint density at radius 2 is 1.89 bits per heavy atom. The van der Waals surface area contributed by atoms with E-state index in [1.807, 2.05) is 0 Å². The molecule has 0 bridgehead atoms. The number of aldehydes is 1. The number of furan rings is 1. The zero-order chi connectivity index (χ0) is 13.0. The molecule has 0 aliphatic rings. The average Bonchev–Trinajstić information content (AvgIpc) is 2.85. The quantitative estimate of drug-likeness (QED) is 0.639. The third-order valence-corrected chi connectivity index (χ3v) is 2.46. The Kier molecular flexibility index (Phi) is 3.60. The van der Waals surface area contributed by atoms with Crippen LogP contribution < -0.4 is 0 Å². The van der Waals surface area contributed by atoms with E-state index in [-0.39, 0.29) is 12.4 Å². The first-order chi connectivity index (χ1) is 8.72.